The smallest absolute Gasteiger partial charge is 0.414 e. The van der Waals surface area contributed by atoms with Gasteiger partial charge in [-0.1, -0.05) is 35.9 Å². The number of carbonyl (C=O) groups excluding carboxylic acids is 1. The largest absolute Gasteiger partial charge is 0.495 e. The lowest BCUT2D eigenvalue weighted by atomic mass is 10.1. The number of carboxylic acid groups (broad SMARTS) is 2. The lowest BCUT2D eigenvalue weighted by Gasteiger charge is -2.36. The third-order valence-electron chi connectivity index (χ3n) is 5.61. The third-order valence-corrected chi connectivity index (χ3v) is 5.61. The molecule has 206 valence electrons. The van der Waals surface area contributed by atoms with Gasteiger partial charge in [0.15, 0.2) is 0 Å². The molecule has 1 heterocycles. The van der Waals surface area contributed by atoms with Gasteiger partial charge in [-0.25, -0.2) is 14.0 Å². The summed E-state index contributed by atoms with van der Waals surface area (Å²) in [5.41, 5.74) is 2.52. The molecule has 10 nitrogen and oxygen atoms in total. The summed E-state index contributed by atoms with van der Waals surface area (Å²) in [7, 11) is 1.70. The highest BCUT2D eigenvalue weighted by atomic mass is 19.1. The summed E-state index contributed by atoms with van der Waals surface area (Å²) in [6, 6.07) is 13.4. The fraction of sp³-hybridized carbons (Fsp3) is 0.370. The van der Waals surface area contributed by atoms with E-state index in [9.17, 15) is 9.18 Å². The van der Waals surface area contributed by atoms with Crippen LogP contribution in [0, 0.1) is 6.92 Å². The van der Waals surface area contributed by atoms with Crippen molar-refractivity contribution in [1.82, 2.24) is 10.2 Å². The van der Waals surface area contributed by atoms with Crippen molar-refractivity contribution in [2.75, 3.05) is 64.6 Å². The number of para-hydroxylation sites is 2. The Morgan fingerprint density at radius 1 is 1.00 bits per heavy atom. The Hall–Kier alpha value is -4.12. The van der Waals surface area contributed by atoms with Gasteiger partial charge in [0.05, 0.1) is 18.4 Å². The second kappa shape index (κ2) is 15.9. The number of methoxy groups -OCH3 is 1. The molecule has 3 rings (SSSR count). The predicted molar refractivity (Wildman–Crippen MR) is 141 cm³/mol. The van der Waals surface area contributed by atoms with E-state index in [0.717, 1.165) is 49.7 Å². The number of halogens is 1. The number of carbonyl (C=O) groups is 3. The molecule has 1 amide bonds. The second-order valence-electron chi connectivity index (χ2n) is 8.29. The average Bonchev–Trinajstić information content (AvgIpc) is 2.92. The quantitative estimate of drug-likeness (QED) is 0.313. The molecule has 0 aliphatic carbocycles. The van der Waals surface area contributed by atoms with Gasteiger partial charge in [-0.05, 0) is 31.2 Å². The van der Waals surface area contributed by atoms with Gasteiger partial charge in [0.2, 0.25) is 0 Å². The second-order valence-corrected chi connectivity index (χ2v) is 8.29. The molecule has 0 radical (unpaired) electrons. The minimum absolute atomic E-state index is 0.0619. The Bertz CT molecular complexity index is 1090. The number of aliphatic carboxylic acids is 2. The first-order valence-electron chi connectivity index (χ1n) is 12.1. The van der Waals surface area contributed by atoms with Gasteiger partial charge in [-0.2, -0.15) is 0 Å². The van der Waals surface area contributed by atoms with Crippen LogP contribution >= 0.6 is 0 Å². The number of alkyl halides is 1. The van der Waals surface area contributed by atoms with Crippen LogP contribution in [0.1, 0.15) is 15.9 Å². The zero-order valence-electron chi connectivity index (χ0n) is 21.6. The Morgan fingerprint density at radius 2 is 1.68 bits per heavy atom. The van der Waals surface area contributed by atoms with Crippen molar-refractivity contribution in [3.8, 4) is 11.5 Å². The van der Waals surface area contributed by atoms with Crippen LogP contribution in [-0.2, 0) is 9.59 Å². The number of rotatable bonds is 10. The topological polar surface area (TPSA) is 129 Å². The van der Waals surface area contributed by atoms with E-state index in [2.05, 4.69) is 27.3 Å². The molecule has 3 N–H and O–H groups in total. The normalized spacial score (nSPS) is 13.4. The summed E-state index contributed by atoms with van der Waals surface area (Å²) in [6.07, 6.45) is 4.04. The highest BCUT2D eigenvalue weighted by Crippen LogP contribution is 2.28. The van der Waals surface area contributed by atoms with Crippen LogP contribution in [0.5, 0.6) is 11.5 Å². The predicted octanol–water partition coefficient (Wildman–Crippen LogP) is 2.62. The van der Waals surface area contributed by atoms with Crippen LogP contribution in [0.15, 0.2) is 54.6 Å². The van der Waals surface area contributed by atoms with E-state index < -0.39 is 18.6 Å². The van der Waals surface area contributed by atoms with E-state index in [4.69, 9.17) is 29.3 Å². The molecule has 0 saturated carbocycles. The molecule has 38 heavy (non-hydrogen) atoms. The van der Waals surface area contributed by atoms with Crippen LogP contribution in [0.3, 0.4) is 0 Å². The monoisotopic (exact) mass is 531 g/mol. The molecule has 0 aromatic heterocycles. The first kappa shape index (κ1) is 30.1. The van der Waals surface area contributed by atoms with Crippen molar-refractivity contribution in [2.24, 2.45) is 0 Å². The Morgan fingerprint density at radius 3 is 2.32 bits per heavy atom. The van der Waals surface area contributed by atoms with E-state index in [1.807, 2.05) is 37.3 Å². The van der Waals surface area contributed by atoms with Gasteiger partial charge in [0.25, 0.3) is 5.91 Å². The lowest BCUT2D eigenvalue weighted by Crippen LogP contribution is -2.46. The number of aryl methyl sites for hydroxylation is 1. The number of piperazine rings is 1. The number of nitrogens with one attached hydrogen (secondary N) is 1. The summed E-state index contributed by atoms with van der Waals surface area (Å²) in [4.78, 5) is 35.5. The number of hydrogen-bond donors (Lipinski definition) is 3. The van der Waals surface area contributed by atoms with Gasteiger partial charge >= 0.3 is 11.9 Å². The summed E-state index contributed by atoms with van der Waals surface area (Å²) >= 11 is 0. The molecule has 11 heteroatoms. The highest BCUT2D eigenvalue weighted by Gasteiger charge is 2.18. The number of nitrogens with zero attached hydrogens (tertiary/aromatic N) is 2. The molecule has 2 aromatic rings. The molecule has 2 aromatic carbocycles. The van der Waals surface area contributed by atoms with Gasteiger partial charge < -0.3 is 29.9 Å². The van der Waals surface area contributed by atoms with Crippen molar-refractivity contribution in [2.45, 2.75) is 6.92 Å². The Balaban J connectivity index is 0.000000757. The van der Waals surface area contributed by atoms with Crippen molar-refractivity contribution >= 4 is 23.5 Å². The maximum Gasteiger partial charge on any atom is 0.414 e. The van der Waals surface area contributed by atoms with Gasteiger partial charge in [-0.15, -0.1) is 0 Å². The third kappa shape index (κ3) is 9.74. The number of hydrogen-bond acceptors (Lipinski definition) is 7. The van der Waals surface area contributed by atoms with Crippen molar-refractivity contribution in [3.63, 3.8) is 0 Å². The maximum absolute atomic E-state index is 12.5. The Kier molecular flexibility index (Phi) is 12.6. The molecule has 0 bridgehead atoms. The zero-order valence-corrected chi connectivity index (χ0v) is 21.6. The summed E-state index contributed by atoms with van der Waals surface area (Å²) in [5.74, 6) is -2.56. The molecular formula is C27H34FN3O7. The number of benzene rings is 2. The minimum atomic E-state index is -1.82. The van der Waals surface area contributed by atoms with Crippen LogP contribution < -0.4 is 19.7 Å². The SMILES string of the molecule is COc1ccccc1N1CCN(C/C=C/CNC(=O)c2cc(C)ccc2OCCF)CC1.O=C(O)C(=O)O. The molecule has 0 unspecified atom stereocenters. The fourth-order valence-electron chi connectivity index (χ4n) is 3.71. The van der Waals surface area contributed by atoms with E-state index >= 15 is 0 Å². The van der Waals surface area contributed by atoms with Crippen LogP contribution in [0.25, 0.3) is 0 Å². The summed E-state index contributed by atoms with van der Waals surface area (Å²) < 4.78 is 23.3. The minimum Gasteiger partial charge on any atom is -0.495 e. The summed E-state index contributed by atoms with van der Waals surface area (Å²) in [5, 5.41) is 17.7. The molecule has 1 fully saturated rings. The molecule has 0 spiro atoms. The molecule has 1 aliphatic heterocycles. The average molecular weight is 532 g/mol. The van der Waals surface area contributed by atoms with E-state index in [0.29, 0.717) is 17.9 Å². The first-order valence-corrected chi connectivity index (χ1v) is 12.1. The number of carboxylic acids is 2. The summed E-state index contributed by atoms with van der Waals surface area (Å²) in [6.45, 7) is 6.34. The van der Waals surface area contributed by atoms with E-state index in [1.54, 1.807) is 19.2 Å². The molecular weight excluding hydrogens is 497 g/mol. The van der Waals surface area contributed by atoms with Crippen LogP contribution in [0.2, 0.25) is 0 Å². The van der Waals surface area contributed by atoms with E-state index in [1.165, 1.54) is 0 Å². The number of anilines is 1. The first-order chi connectivity index (χ1) is 18.3. The molecule has 1 saturated heterocycles. The molecule has 1 aliphatic rings. The maximum atomic E-state index is 12.5. The van der Waals surface area contributed by atoms with Crippen LogP contribution in [-0.4, -0.2) is 92.6 Å². The number of amides is 1. The number of ether oxygens (including phenoxy) is 2. The van der Waals surface area contributed by atoms with Gasteiger partial charge in [0, 0.05) is 39.3 Å². The fourth-order valence-corrected chi connectivity index (χ4v) is 3.71. The Labute approximate surface area is 221 Å². The van der Waals surface area contributed by atoms with Crippen molar-refractivity contribution in [3.05, 3.63) is 65.7 Å². The van der Waals surface area contributed by atoms with Crippen molar-refractivity contribution in [1.29, 1.82) is 0 Å². The molecule has 0 atom stereocenters. The van der Waals surface area contributed by atoms with Crippen molar-refractivity contribution < 1.29 is 38.5 Å². The highest BCUT2D eigenvalue weighted by molar-refractivity contribution is 6.27. The van der Waals surface area contributed by atoms with E-state index in [-0.39, 0.29) is 12.5 Å². The van der Waals surface area contributed by atoms with Crippen LogP contribution in [0.4, 0.5) is 10.1 Å². The standard InChI is InChI=1S/C25H32FN3O3.C2H2O4/c1-20-9-10-23(32-18-11-26)21(19-20)25(30)27-12-5-6-13-28-14-16-29(17-15-28)22-7-3-4-8-24(22)31-2;3-1(4)2(5)6/h3-10,19H,11-18H2,1-2H3,(H,27,30);(H,3,4)(H,5,6)/b6-5+;. The van der Waals surface area contributed by atoms with Gasteiger partial charge in [0.1, 0.15) is 24.8 Å². The lowest BCUT2D eigenvalue weighted by molar-refractivity contribution is -0.159. The zero-order chi connectivity index (χ0) is 27.9. The van der Waals surface area contributed by atoms with Gasteiger partial charge in [-0.3, -0.25) is 9.69 Å².